The Hall–Kier alpha value is -2.11. The Kier molecular flexibility index (Phi) is 4.22. The Morgan fingerprint density at radius 2 is 1.75 bits per heavy atom. The van der Waals surface area contributed by atoms with Gasteiger partial charge in [0.25, 0.3) is 5.69 Å². The number of nitro benzene ring substituents is 1. The highest BCUT2D eigenvalue weighted by molar-refractivity contribution is 6.33. The van der Waals surface area contributed by atoms with Crippen LogP contribution >= 0.6 is 23.2 Å². The molecule has 0 saturated heterocycles. The lowest BCUT2D eigenvalue weighted by molar-refractivity contribution is -0.384. The molecule has 2 aromatic carbocycles. The number of nitrogens with zero attached hydrogens (tertiary/aromatic N) is 1. The van der Waals surface area contributed by atoms with E-state index < -0.39 is 10.9 Å². The fourth-order valence-corrected chi connectivity index (χ4v) is 1.77. The average Bonchev–Trinajstić information content (AvgIpc) is 2.41. The summed E-state index contributed by atoms with van der Waals surface area (Å²) in [5.74, 6) is -0.511. The van der Waals surface area contributed by atoms with Crippen LogP contribution in [0, 0.1) is 10.1 Å². The molecule has 20 heavy (non-hydrogen) atoms. The Morgan fingerprint density at radius 3 is 2.35 bits per heavy atom. The average molecular weight is 312 g/mol. The zero-order chi connectivity index (χ0) is 14.7. The molecule has 0 heterocycles. The number of hydrogen-bond acceptors (Lipinski definition) is 4. The summed E-state index contributed by atoms with van der Waals surface area (Å²) < 4.78 is 5.07. The highest BCUT2D eigenvalue weighted by Gasteiger charge is 2.17. The molecule has 0 bridgehead atoms. The summed E-state index contributed by atoms with van der Waals surface area (Å²) in [6, 6.07) is 9.68. The lowest BCUT2D eigenvalue weighted by atomic mass is 10.2. The second kappa shape index (κ2) is 5.90. The summed E-state index contributed by atoms with van der Waals surface area (Å²) in [6.45, 7) is 0. The van der Waals surface area contributed by atoms with Crippen LogP contribution in [0.1, 0.15) is 10.4 Å². The minimum atomic E-state index is -0.777. The van der Waals surface area contributed by atoms with Crippen molar-refractivity contribution in [3.05, 3.63) is 68.2 Å². The molecule has 0 fully saturated rings. The van der Waals surface area contributed by atoms with Gasteiger partial charge in [-0.25, -0.2) is 4.79 Å². The van der Waals surface area contributed by atoms with Gasteiger partial charge >= 0.3 is 5.97 Å². The molecule has 0 N–H and O–H groups in total. The number of rotatable bonds is 3. The third-order valence-corrected chi connectivity index (χ3v) is 2.99. The van der Waals surface area contributed by atoms with Crippen LogP contribution in [-0.4, -0.2) is 10.9 Å². The molecule has 0 saturated carbocycles. The fraction of sp³-hybridized carbons (Fsp3) is 0. The zero-order valence-electron chi connectivity index (χ0n) is 9.88. The zero-order valence-corrected chi connectivity index (χ0v) is 11.4. The van der Waals surface area contributed by atoms with Gasteiger partial charge in [-0.2, -0.15) is 0 Å². The Morgan fingerprint density at radius 1 is 1.10 bits per heavy atom. The van der Waals surface area contributed by atoms with Gasteiger partial charge in [0, 0.05) is 17.2 Å². The van der Waals surface area contributed by atoms with Crippen molar-refractivity contribution in [2.24, 2.45) is 0 Å². The molecule has 0 atom stereocenters. The van der Waals surface area contributed by atoms with Gasteiger partial charge in [-0.3, -0.25) is 10.1 Å². The number of nitro groups is 1. The van der Waals surface area contributed by atoms with Crippen molar-refractivity contribution in [2.75, 3.05) is 0 Å². The molecule has 0 aliphatic heterocycles. The van der Waals surface area contributed by atoms with Gasteiger partial charge in [-0.05, 0) is 30.3 Å². The molecule has 0 aliphatic carbocycles. The van der Waals surface area contributed by atoms with Crippen LogP contribution < -0.4 is 4.74 Å². The number of esters is 1. The van der Waals surface area contributed by atoms with Crippen molar-refractivity contribution in [1.29, 1.82) is 0 Å². The standard InChI is InChI=1S/C13H7Cl2NO4/c14-8-1-4-10(5-2-8)20-13(17)11-7-9(16(18)19)3-6-12(11)15/h1-7H. The Balaban J connectivity index is 2.26. The summed E-state index contributed by atoms with van der Waals surface area (Å²) in [6.07, 6.45) is 0. The van der Waals surface area contributed by atoms with E-state index >= 15 is 0 Å². The van der Waals surface area contributed by atoms with E-state index in [0.717, 1.165) is 6.07 Å². The van der Waals surface area contributed by atoms with Gasteiger partial charge in [-0.1, -0.05) is 23.2 Å². The summed E-state index contributed by atoms with van der Waals surface area (Å²) in [4.78, 5) is 22.0. The van der Waals surface area contributed by atoms with Crippen molar-refractivity contribution >= 4 is 34.9 Å². The highest BCUT2D eigenvalue weighted by Crippen LogP contribution is 2.24. The first-order valence-corrected chi connectivity index (χ1v) is 6.14. The number of non-ortho nitro benzene ring substituents is 1. The molecular formula is C13H7Cl2NO4. The normalized spacial score (nSPS) is 10.1. The molecule has 7 heteroatoms. The number of halogens is 2. The van der Waals surface area contributed by atoms with Crippen LogP contribution in [0.4, 0.5) is 5.69 Å². The summed E-state index contributed by atoms with van der Waals surface area (Å²) in [7, 11) is 0. The maximum absolute atomic E-state index is 11.9. The second-order valence-electron chi connectivity index (χ2n) is 3.76. The van der Waals surface area contributed by atoms with Crippen LogP contribution in [-0.2, 0) is 0 Å². The Bertz CT molecular complexity index is 671. The summed E-state index contributed by atoms with van der Waals surface area (Å²) >= 11 is 11.6. The molecule has 0 unspecified atom stereocenters. The third-order valence-electron chi connectivity index (χ3n) is 2.40. The van der Waals surface area contributed by atoms with Gasteiger partial charge in [0.05, 0.1) is 15.5 Å². The number of hydrogen-bond donors (Lipinski definition) is 0. The van der Waals surface area contributed by atoms with Crippen LogP contribution in [0.5, 0.6) is 5.75 Å². The molecule has 2 aromatic rings. The predicted molar refractivity (Wildman–Crippen MR) is 74.5 cm³/mol. The summed E-state index contributed by atoms with van der Waals surface area (Å²) in [5.41, 5.74) is -0.312. The van der Waals surface area contributed by atoms with E-state index in [0.29, 0.717) is 5.02 Å². The van der Waals surface area contributed by atoms with Gasteiger partial charge < -0.3 is 4.74 Å². The largest absolute Gasteiger partial charge is 0.423 e. The van der Waals surface area contributed by atoms with Gasteiger partial charge in [0.1, 0.15) is 5.75 Å². The second-order valence-corrected chi connectivity index (χ2v) is 4.61. The number of carbonyl (C=O) groups excluding carboxylic acids is 1. The van der Waals surface area contributed by atoms with Gasteiger partial charge in [0.2, 0.25) is 0 Å². The van der Waals surface area contributed by atoms with E-state index in [4.69, 9.17) is 27.9 Å². The lowest BCUT2D eigenvalue weighted by Gasteiger charge is -2.05. The third kappa shape index (κ3) is 3.26. The minimum Gasteiger partial charge on any atom is -0.423 e. The van der Waals surface area contributed by atoms with E-state index in [1.54, 1.807) is 12.1 Å². The highest BCUT2D eigenvalue weighted by atomic mass is 35.5. The molecule has 2 rings (SSSR count). The monoisotopic (exact) mass is 311 g/mol. The van der Waals surface area contributed by atoms with Crippen LogP contribution in [0.2, 0.25) is 10.0 Å². The minimum absolute atomic E-state index is 0.0733. The topological polar surface area (TPSA) is 69.4 Å². The molecular weight excluding hydrogens is 305 g/mol. The number of benzene rings is 2. The molecule has 5 nitrogen and oxygen atoms in total. The Labute approximate surface area is 123 Å². The van der Waals surface area contributed by atoms with E-state index in [1.807, 2.05) is 0 Å². The van der Waals surface area contributed by atoms with Crippen molar-refractivity contribution in [3.8, 4) is 5.75 Å². The van der Waals surface area contributed by atoms with Gasteiger partial charge in [0.15, 0.2) is 0 Å². The number of ether oxygens (including phenoxy) is 1. The molecule has 0 radical (unpaired) electrons. The van der Waals surface area contributed by atoms with Crippen molar-refractivity contribution in [2.45, 2.75) is 0 Å². The van der Waals surface area contributed by atoms with E-state index in [9.17, 15) is 14.9 Å². The fourth-order valence-electron chi connectivity index (χ4n) is 1.45. The predicted octanol–water partition coefficient (Wildman–Crippen LogP) is 4.12. The van der Waals surface area contributed by atoms with Crippen molar-refractivity contribution in [3.63, 3.8) is 0 Å². The van der Waals surface area contributed by atoms with Crippen LogP contribution in [0.25, 0.3) is 0 Å². The van der Waals surface area contributed by atoms with Crippen LogP contribution in [0.15, 0.2) is 42.5 Å². The maximum Gasteiger partial charge on any atom is 0.345 e. The number of carbonyl (C=O) groups is 1. The van der Waals surface area contributed by atoms with E-state index in [1.165, 1.54) is 24.3 Å². The van der Waals surface area contributed by atoms with Crippen LogP contribution in [0.3, 0.4) is 0 Å². The first-order chi connectivity index (χ1) is 9.47. The molecule has 102 valence electrons. The maximum atomic E-state index is 11.9. The van der Waals surface area contributed by atoms with E-state index in [2.05, 4.69) is 0 Å². The molecule has 0 amide bonds. The first-order valence-electron chi connectivity index (χ1n) is 5.39. The first kappa shape index (κ1) is 14.3. The molecule has 0 aliphatic rings. The summed E-state index contributed by atoms with van der Waals surface area (Å²) in [5, 5.41) is 11.3. The van der Waals surface area contributed by atoms with Crippen molar-refractivity contribution in [1.82, 2.24) is 0 Å². The molecule has 0 spiro atoms. The van der Waals surface area contributed by atoms with E-state index in [-0.39, 0.29) is 22.0 Å². The van der Waals surface area contributed by atoms with Gasteiger partial charge in [-0.15, -0.1) is 0 Å². The van der Waals surface area contributed by atoms with Crippen molar-refractivity contribution < 1.29 is 14.5 Å². The quantitative estimate of drug-likeness (QED) is 0.370. The molecule has 0 aromatic heterocycles. The smallest absolute Gasteiger partial charge is 0.345 e. The lowest BCUT2D eigenvalue weighted by Crippen LogP contribution is -2.09. The SMILES string of the molecule is O=C(Oc1ccc(Cl)cc1)c1cc([N+](=O)[O-])ccc1Cl.